The second-order valence-electron chi connectivity index (χ2n) is 10.0. The highest BCUT2D eigenvalue weighted by Crippen LogP contribution is 2.18. The molecule has 2 N–H and O–H groups in total. The molecule has 3 atom stereocenters. The van der Waals surface area contributed by atoms with Crippen molar-refractivity contribution in [3.8, 4) is 0 Å². The highest BCUT2D eigenvalue weighted by Gasteiger charge is 2.32. The molecule has 40 heavy (non-hydrogen) atoms. The highest BCUT2D eigenvalue weighted by atomic mass is 16.5. The van der Waals surface area contributed by atoms with E-state index in [4.69, 9.17) is 4.74 Å². The van der Waals surface area contributed by atoms with Crippen molar-refractivity contribution < 1.29 is 24.3 Å². The van der Waals surface area contributed by atoms with E-state index in [1.807, 2.05) is 104 Å². The summed E-state index contributed by atoms with van der Waals surface area (Å²) in [6.07, 6.45) is -1.29. The van der Waals surface area contributed by atoms with E-state index >= 15 is 0 Å². The molecule has 0 aliphatic rings. The van der Waals surface area contributed by atoms with Crippen LogP contribution in [0.2, 0.25) is 0 Å². The van der Waals surface area contributed by atoms with Gasteiger partial charge in [0.15, 0.2) is 0 Å². The van der Waals surface area contributed by atoms with Crippen LogP contribution in [0, 0.1) is 0 Å². The molecule has 0 saturated heterocycles. The van der Waals surface area contributed by atoms with Gasteiger partial charge in [-0.3, -0.25) is 0 Å². The normalized spacial score (nSPS) is 14.5. The Morgan fingerprint density at radius 2 is 1.32 bits per heavy atom. The highest BCUT2D eigenvalue weighted by molar-refractivity contribution is 5.89. The molecule has 0 aliphatic heterocycles. The van der Waals surface area contributed by atoms with Crippen LogP contribution >= 0.6 is 0 Å². The van der Waals surface area contributed by atoms with E-state index in [0.29, 0.717) is 18.5 Å². The quantitative estimate of drug-likeness (QED) is 0.122. The molecular formula is C33H35N3O4. The molecule has 0 saturated carbocycles. The minimum atomic E-state index is -1.04. The molecule has 0 spiro atoms. The third kappa shape index (κ3) is 8.80. The van der Waals surface area contributed by atoms with Gasteiger partial charge in [-0.1, -0.05) is 126 Å². The zero-order valence-electron chi connectivity index (χ0n) is 22.6. The van der Waals surface area contributed by atoms with Crippen LogP contribution in [0.25, 0.3) is 0 Å². The molecule has 0 aliphatic carbocycles. The monoisotopic (exact) mass is 537 g/mol. The number of hydrogen-bond acceptors (Lipinski definition) is 5. The molecule has 7 heteroatoms. The van der Waals surface area contributed by atoms with Crippen molar-refractivity contribution in [2.24, 2.45) is 5.10 Å². The number of aliphatic hydroxyl groups is 1. The van der Waals surface area contributed by atoms with Crippen LogP contribution in [-0.2, 0) is 24.3 Å². The van der Waals surface area contributed by atoms with Crippen molar-refractivity contribution in [2.75, 3.05) is 13.6 Å². The first-order valence-corrected chi connectivity index (χ1v) is 13.3. The van der Waals surface area contributed by atoms with Gasteiger partial charge in [-0.25, -0.2) is 4.79 Å². The van der Waals surface area contributed by atoms with Gasteiger partial charge in [0.05, 0.1) is 19.0 Å². The molecule has 206 valence electrons. The van der Waals surface area contributed by atoms with Gasteiger partial charge in [-0.2, -0.15) is 4.59 Å². The number of nitrogens with zero attached hydrogens (tertiary/aromatic N) is 2. The molecule has 4 rings (SSSR count). The Kier molecular flexibility index (Phi) is 10.0. The summed E-state index contributed by atoms with van der Waals surface area (Å²) < 4.78 is 5.34. The number of rotatable bonds is 12. The second kappa shape index (κ2) is 14.1. The summed E-state index contributed by atoms with van der Waals surface area (Å²) in [5.74, 6) is -0.374. The molecule has 0 radical (unpaired) electrons. The maximum Gasteiger partial charge on any atom is 0.407 e. The smallest absolute Gasteiger partial charge is 0.407 e. The fraction of sp³-hybridized carbons (Fsp3) is 0.212. The molecule has 0 fully saturated rings. The average molecular weight is 538 g/mol. The zero-order valence-corrected chi connectivity index (χ0v) is 22.6. The van der Waals surface area contributed by atoms with Crippen molar-refractivity contribution in [2.45, 2.75) is 31.7 Å². The third-order valence-corrected chi connectivity index (χ3v) is 6.58. The predicted octanol–water partition coefficient (Wildman–Crippen LogP) is 4.25. The molecular weight excluding hydrogens is 502 g/mol. The summed E-state index contributed by atoms with van der Waals surface area (Å²) in [5.41, 5.74) is 3.25. The Labute approximate surface area is 235 Å². The number of aliphatic hydroxyl groups excluding tert-OH is 1. The minimum absolute atomic E-state index is 0.0872. The van der Waals surface area contributed by atoms with E-state index in [-0.39, 0.29) is 23.6 Å². The molecule has 4 aromatic carbocycles. The van der Waals surface area contributed by atoms with Crippen LogP contribution in [-0.4, -0.2) is 47.4 Å². The van der Waals surface area contributed by atoms with Gasteiger partial charge >= 0.3 is 6.09 Å². The summed E-state index contributed by atoms with van der Waals surface area (Å²) in [5, 5.41) is 32.1. The lowest BCUT2D eigenvalue weighted by atomic mass is 10.0. The Morgan fingerprint density at radius 1 is 0.825 bits per heavy atom. The molecule has 0 heterocycles. The zero-order chi connectivity index (χ0) is 28.2. The van der Waals surface area contributed by atoms with Gasteiger partial charge in [0.1, 0.15) is 25.8 Å². The van der Waals surface area contributed by atoms with Crippen LogP contribution in [0.4, 0.5) is 4.79 Å². The first-order valence-electron chi connectivity index (χ1n) is 13.3. The van der Waals surface area contributed by atoms with Gasteiger partial charge in [0, 0.05) is 5.56 Å². The lowest BCUT2D eigenvalue weighted by Crippen LogP contribution is -2.54. The number of quaternary nitrogens is 1. The second-order valence-corrected chi connectivity index (χ2v) is 10.0. The number of likely N-dealkylation sites (N-methyl/N-ethyl adjacent to an activating group) is 1. The number of benzene rings is 4. The lowest BCUT2D eigenvalue weighted by molar-refractivity contribution is -0.933. The number of amides is 1. The summed E-state index contributed by atoms with van der Waals surface area (Å²) in [6.45, 7) is 0.584. The van der Waals surface area contributed by atoms with E-state index in [2.05, 4.69) is 10.4 Å². The standard InChI is InChI=1S/C33H35N3O4/c1-36(23-27-16-8-3-9-17-27,35-32(38)29-20-12-5-13-21-29)24-31(37)30(22-26-14-6-2-7-15-26)34-33(39)40-25-28-18-10-4-11-19-28/h2-21,30-31,37H,22-25H2,1H3,(H-,34,35,38,39)/t30-,31-,36?/m0/s1. The van der Waals surface area contributed by atoms with E-state index in [0.717, 1.165) is 16.7 Å². The maximum absolute atomic E-state index is 13.1. The van der Waals surface area contributed by atoms with Gasteiger partial charge < -0.3 is 20.3 Å². The number of carbonyl (C=O) groups is 1. The first kappa shape index (κ1) is 28.5. The topological polar surface area (TPSA) is 94.0 Å². The van der Waals surface area contributed by atoms with Gasteiger partial charge in [-0.05, 0) is 23.1 Å². The van der Waals surface area contributed by atoms with Gasteiger partial charge in [0.25, 0.3) is 0 Å². The third-order valence-electron chi connectivity index (χ3n) is 6.58. The van der Waals surface area contributed by atoms with Crippen LogP contribution in [0.1, 0.15) is 22.3 Å². The number of ether oxygens (including phenoxy) is 1. The van der Waals surface area contributed by atoms with Crippen molar-refractivity contribution in [3.63, 3.8) is 0 Å². The van der Waals surface area contributed by atoms with Gasteiger partial charge in [-0.15, -0.1) is 0 Å². The molecule has 0 bridgehead atoms. The van der Waals surface area contributed by atoms with Gasteiger partial charge in [0.2, 0.25) is 0 Å². The van der Waals surface area contributed by atoms with Crippen LogP contribution in [0.15, 0.2) is 126 Å². The average Bonchev–Trinajstić information content (AvgIpc) is 2.97. The Bertz CT molecular complexity index is 1350. The summed E-state index contributed by atoms with van der Waals surface area (Å²) in [4.78, 5) is 12.8. The van der Waals surface area contributed by atoms with Crippen molar-refractivity contribution in [1.82, 2.24) is 5.32 Å². The lowest BCUT2D eigenvalue weighted by Gasteiger charge is -2.34. The predicted molar refractivity (Wildman–Crippen MR) is 154 cm³/mol. The minimum Gasteiger partial charge on any atom is -0.855 e. The molecule has 1 amide bonds. The first-order chi connectivity index (χ1) is 19.4. The molecule has 7 nitrogen and oxygen atoms in total. The van der Waals surface area contributed by atoms with Crippen molar-refractivity contribution in [3.05, 3.63) is 144 Å². The number of carbonyl (C=O) groups excluding carboxylic acids is 1. The number of hydrogen-bond donors (Lipinski definition) is 2. The molecule has 0 aromatic heterocycles. The maximum atomic E-state index is 13.1. The summed E-state index contributed by atoms with van der Waals surface area (Å²) in [6, 6.07) is 36.9. The van der Waals surface area contributed by atoms with E-state index < -0.39 is 18.2 Å². The summed E-state index contributed by atoms with van der Waals surface area (Å²) >= 11 is 0. The Morgan fingerprint density at radius 3 is 1.90 bits per heavy atom. The number of nitrogens with one attached hydrogen (secondary N) is 1. The largest absolute Gasteiger partial charge is 0.855 e. The molecule has 1 unspecified atom stereocenters. The van der Waals surface area contributed by atoms with E-state index in [1.54, 1.807) is 24.3 Å². The van der Waals surface area contributed by atoms with Crippen molar-refractivity contribution in [1.29, 1.82) is 0 Å². The Balaban J connectivity index is 1.56. The SMILES string of the molecule is C[N+](Cc1ccccc1)(C[C@H](O)[C@H](Cc1ccccc1)NC(=O)OCc1ccccc1)/N=C(\[O-])c1ccccc1. The summed E-state index contributed by atoms with van der Waals surface area (Å²) in [7, 11) is 1.81. The van der Waals surface area contributed by atoms with Crippen LogP contribution in [0.5, 0.6) is 0 Å². The van der Waals surface area contributed by atoms with Crippen LogP contribution < -0.4 is 10.4 Å². The fourth-order valence-electron chi connectivity index (χ4n) is 4.57. The fourth-order valence-corrected chi connectivity index (χ4v) is 4.57. The number of alkyl carbamates (subject to hydrolysis) is 1. The van der Waals surface area contributed by atoms with Crippen LogP contribution in [0.3, 0.4) is 0 Å². The van der Waals surface area contributed by atoms with Crippen molar-refractivity contribution >= 4 is 12.0 Å². The van der Waals surface area contributed by atoms with E-state index in [9.17, 15) is 15.0 Å². The molecule has 4 aromatic rings. The Hall–Kier alpha value is -4.46. The van der Waals surface area contributed by atoms with E-state index in [1.165, 1.54) is 0 Å².